The van der Waals surface area contributed by atoms with Crippen LogP contribution < -0.4 is 0 Å². The lowest BCUT2D eigenvalue weighted by Crippen LogP contribution is -2.35. The van der Waals surface area contributed by atoms with Crippen LogP contribution in [0.5, 0.6) is 0 Å². The third-order valence-corrected chi connectivity index (χ3v) is 5.25. The first-order chi connectivity index (χ1) is 16.2. The Morgan fingerprint density at radius 2 is 1.74 bits per heavy atom. The maximum atomic E-state index is 13.7. The summed E-state index contributed by atoms with van der Waals surface area (Å²) in [6.45, 7) is 4.06. The van der Waals surface area contributed by atoms with Gasteiger partial charge in [-0.05, 0) is 56.9 Å². The summed E-state index contributed by atoms with van der Waals surface area (Å²) in [5.41, 5.74) is -1.65. The lowest BCUT2D eigenvalue weighted by atomic mass is 10.1. The van der Waals surface area contributed by atoms with Crippen LogP contribution in [0.1, 0.15) is 59.5 Å². The van der Waals surface area contributed by atoms with Crippen LogP contribution in [0, 0.1) is 5.92 Å². The van der Waals surface area contributed by atoms with E-state index in [0.29, 0.717) is 17.1 Å². The Morgan fingerprint density at radius 1 is 1.09 bits per heavy atom. The molecule has 1 aliphatic rings. The Morgan fingerprint density at radius 3 is 2.29 bits per heavy atom. The van der Waals surface area contributed by atoms with E-state index in [4.69, 9.17) is 9.47 Å². The maximum absolute atomic E-state index is 13.7. The molecule has 1 aromatic heterocycles. The number of hydrogen-bond donors (Lipinski definition) is 0. The number of aromatic nitrogens is 2. The van der Waals surface area contributed by atoms with Crippen molar-refractivity contribution in [3.05, 3.63) is 47.3 Å². The predicted molar refractivity (Wildman–Crippen MR) is 114 cm³/mol. The highest BCUT2D eigenvalue weighted by molar-refractivity contribution is 5.94. The van der Waals surface area contributed by atoms with Gasteiger partial charge in [0.2, 0.25) is 0 Å². The van der Waals surface area contributed by atoms with Gasteiger partial charge in [-0.2, -0.15) is 18.3 Å². The van der Waals surface area contributed by atoms with Crippen LogP contribution in [-0.4, -0.2) is 58.8 Å². The molecule has 0 aliphatic heterocycles. The van der Waals surface area contributed by atoms with Crippen molar-refractivity contribution in [1.29, 1.82) is 0 Å². The zero-order valence-corrected chi connectivity index (χ0v) is 18.9. The van der Waals surface area contributed by atoms with Crippen LogP contribution >= 0.6 is 0 Å². The number of nitrogens with zero attached hydrogens (tertiary/aromatic N) is 3. The molecule has 1 amide bonds. The summed E-state index contributed by atoms with van der Waals surface area (Å²) < 4.78 is 51.4. The summed E-state index contributed by atoms with van der Waals surface area (Å²) in [5, 5.41) is 3.73. The van der Waals surface area contributed by atoms with Gasteiger partial charge >= 0.3 is 18.1 Å². The molecule has 34 heavy (non-hydrogen) atoms. The normalized spacial score (nSPS) is 13.4. The molecule has 8 nitrogen and oxygen atoms in total. The van der Waals surface area contributed by atoms with Crippen molar-refractivity contribution in [3.8, 4) is 5.69 Å². The third kappa shape index (κ3) is 6.15. The summed E-state index contributed by atoms with van der Waals surface area (Å²) in [7, 11) is 0. The van der Waals surface area contributed by atoms with E-state index in [-0.39, 0.29) is 43.3 Å². The largest absolute Gasteiger partial charge is 0.466 e. The Bertz CT molecular complexity index is 1030. The average Bonchev–Trinajstić information content (AvgIpc) is 3.49. The number of carbonyl (C=O) groups excluding carboxylic acids is 3. The van der Waals surface area contributed by atoms with Gasteiger partial charge in [-0.1, -0.05) is 0 Å². The van der Waals surface area contributed by atoms with E-state index in [1.165, 1.54) is 31.2 Å². The van der Waals surface area contributed by atoms with Gasteiger partial charge in [0.15, 0.2) is 5.69 Å². The molecule has 0 spiro atoms. The molecule has 0 bridgehead atoms. The highest BCUT2D eigenvalue weighted by atomic mass is 19.4. The van der Waals surface area contributed by atoms with Crippen molar-refractivity contribution < 1.29 is 37.0 Å². The minimum atomic E-state index is -4.86. The number of benzene rings is 1. The highest BCUT2D eigenvalue weighted by Gasteiger charge is 2.41. The molecule has 1 aromatic carbocycles. The van der Waals surface area contributed by atoms with Crippen molar-refractivity contribution in [1.82, 2.24) is 14.7 Å². The molecule has 0 unspecified atom stereocenters. The van der Waals surface area contributed by atoms with Crippen LogP contribution in [-0.2, 0) is 20.4 Å². The van der Waals surface area contributed by atoms with Crippen molar-refractivity contribution in [2.45, 2.75) is 39.3 Å². The van der Waals surface area contributed by atoms with E-state index in [1.54, 1.807) is 11.8 Å². The van der Waals surface area contributed by atoms with E-state index in [9.17, 15) is 27.6 Å². The van der Waals surface area contributed by atoms with E-state index in [2.05, 4.69) is 5.10 Å². The van der Waals surface area contributed by atoms with Crippen molar-refractivity contribution in [2.24, 2.45) is 5.92 Å². The topological polar surface area (TPSA) is 90.7 Å². The second kappa shape index (κ2) is 10.7. The van der Waals surface area contributed by atoms with Gasteiger partial charge in [-0.3, -0.25) is 9.59 Å². The molecule has 11 heteroatoms. The lowest BCUT2D eigenvalue weighted by Gasteiger charge is -2.22. The number of alkyl halides is 3. The number of halogens is 3. The van der Waals surface area contributed by atoms with Gasteiger partial charge in [0.1, 0.15) is 5.56 Å². The van der Waals surface area contributed by atoms with Crippen LogP contribution in [0.25, 0.3) is 5.69 Å². The van der Waals surface area contributed by atoms with Crippen LogP contribution in [0.2, 0.25) is 0 Å². The summed E-state index contributed by atoms with van der Waals surface area (Å²) in [6, 6.07) is 5.44. The number of amides is 1. The van der Waals surface area contributed by atoms with Gasteiger partial charge in [0.25, 0.3) is 5.91 Å². The molecule has 1 heterocycles. The van der Waals surface area contributed by atoms with Gasteiger partial charge in [-0.25, -0.2) is 9.48 Å². The standard InChI is InChI=1S/C23H26F3N3O5/c1-3-33-19(30)11-12-28(14-15-5-6-15)21(31)16-7-9-17(10-8-16)29-20(23(24,25)26)18(13-27-29)22(32)34-4-2/h7-10,13,15H,3-6,11-12,14H2,1-2H3. The molecule has 0 saturated heterocycles. The number of rotatable bonds is 10. The zero-order chi connectivity index (χ0) is 24.9. The lowest BCUT2D eigenvalue weighted by molar-refractivity contribution is -0.144. The molecule has 2 aromatic rings. The molecule has 3 rings (SSSR count). The Hall–Kier alpha value is -3.37. The second-order valence-corrected chi connectivity index (χ2v) is 7.83. The van der Waals surface area contributed by atoms with Crippen LogP contribution in [0.4, 0.5) is 13.2 Å². The smallest absolute Gasteiger partial charge is 0.434 e. The van der Waals surface area contributed by atoms with Crippen LogP contribution in [0.3, 0.4) is 0 Å². The molecule has 184 valence electrons. The van der Waals surface area contributed by atoms with E-state index in [0.717, 1.165) is 19.0 Å². The second-order valence-electron chi connectivity index (χ2n) is 7.83. The predicted octanol–water partition coefficient (Wildman–Crippen LogP) is 3.87. The van der Waals surface area contributed by atoms with Gasteiger partial charge in [0.05, 0.1) is 31.5 Å². The SMILES string of the molecule is CCOC(=O)CCN(CC1CC1)C(=O)c1ccc(-n2ncc(C(=O)OCC)c2C(F)(F)F)cc1. The Balaban J connectivity index is 1.82. The minimum Gasteiger partial charge on any atom is -0.466 e. The summed E-state index contributed by atoms with van der Waals surface area (Å²) in [5.74, 6) is -1.47. The third-order valence-electron chi connectivity index (χ3n) is 5.25. The molecule has 0 radical (unpaired) electrons. The average molecular weight is 481 g/mol. The summed E-state index contributed by atoms with van der Waals surface area (Å²) in [4.78, 5) is 38.3. The number of hydrogen-bond acceptors (Lipinski definition) is 6. The van der Waals surface area contributed by atoms with E-state index >= 15 is 0 Å². The molecule has 0 N–H and O–H groups in total. The first-order valence-electron chi connectivity index (χ1n) is 11.0. The number of esters is 2. The van der Waals surface area contributed by atoms with Crippen molar-refractivity contribution in [3.63, 3.8) is 0 Å². The highest BCUT2D eigenvalue weighted by Crippen LogP contribution is 2.34. The quantitative estimate of drug-likeness (QED) is 0.479. The summed E-state index contributed by atoms with van der Waals surface area (Å²) >= 11 is 0. The fraction of sp³-hybridized carbons (Fsp3) is 0.478. The maximum Gasteiger partial charge on any atom is 0.434 e. The number of carbonyl (C=O) groups is 3. The Labute approximate surface area is 194 Å². The molecule has 1 fully saturated rings. The van der Waals surface area contributed by atoms with Crippen LogP contribution in [0.15, 0.2) is 30.5 Å². The minimum absolute atomic E-state index is 0.0275. The first-order valence-corrected chi connectivity index (χ1v) is 11.0. The van der Waals surface area contributed by atoms with E-state index in [1.807, 2.05) is 0 Å². The fourth-order valence-electron chi connectivity index (χ4n) is 3.45. The van der Waals surface area contributed by atoms with E-state index < -0.39 is 29.4 Å². The summed E-state index contributed by atoms with van der Waals surface area (Å²) in [6.07, 6.45) is -1.98. The Kier molecular flexibility index (Phi) is 7.95. The van der Waals surface area contributed by atoms with Gasteiger partial charge < -0.3 is 14.4 Å². The van der Waals surface area contributed by atoms with Gasteiger partial charge in [0, 0.05) is 18.7 Å². The monoisotopic (exact) mass is 481 g/mol. The van der Waals surface area contributed by atoms with Crippen molar-refractivity contribution >= 4 is 17.8 Å². The number of ether oxygens (including phenoxy) is 2. The molecule has 1 saturated carbocycles. The molecule has 0 atom stereocenters. The first kappa shape index (κ1) is 25.3. The van der Waals surface area contributed by atoms with Crippen molar-refractivity contribution in [2.75, 3.05) is 26.3 Å². The van der Waals surface area contributed by atoms with Gasteiger partial charge in [-0.15, -0.1) is 0 Å². The zero-order valence-electron chi connectivity index (χ0n) is 18.9. The molecule has 1 aliphatic carbocycles. The molecular weight excluding hydrogens is 455 g/mol. The fourth-order valence-corrected chi connectivity index (χ4v) is 3.45. The molecular formula is C23H26F3N3O5.